The fourth-order valence-corrected chi connectivity index (χ4v) is 4.42. The summed E-state index contributed by atoms with van der Waals surface area (Å²) in [5, 5.41) is 12.8. The van der Waals surface area contributed by atoms with E-state index in [1.54, 1.807) is 21.9 Å². The number of aliphatic hydroxyl groups is 1. The summed E-state index contributed by atoms with van der Waals surface area (Å²) >= 11 is 0. The zero-order valence-electron chi connectivity index (χ0n) is 14.8. The van der Waals surface area contributed by atoms with Gasteiger partial charge in [0, 0.05) is 32.6 Å². The van der Waals surface area contributed by atoms with E-state index >= 15 is 4.39 Å². The Morgan fingerprint density at radius 1 is 1.15 bits per heavy atom. The number of hydrogen-bond acceptors (Lipinski definition) is 3. The topological polar surface area (TPSA) is 55.8 Å². The van der Waals surface area contributed by atoms with Crippen molar-refractivity contribution in [1.82, 2.24) is 15.1 Å². The first-order valence-electron chi connectivity index (χ1n) is 9.30. The molecule has 4 rings (SSSR count). The third kappa shape index (κ3) is 3.42. The maximum atomic E-state index is 15.1. The quantitative estimate of drug-likeness (QED) is 0.843. The van der Waals surface area contributed by atoms with Gasteiger partial charge in [0.25, 0.3) is 0 Å². The van der Waals surface area contributed by atoms with E-state index in [1.165, 1.54) is 12.1 Å². The monoisotopic (exact) mass is 365 g/mol. The van der Waals surface area contributed by atoms with Crippen LogP contribution in [0.25, 0.3) is 0 Å². The molecule has 3 saturated heterocycles. The Morgan fingerprint density at radius 3 is 2.38 bits per heavy atom. The normalized spacial score (nSPS) is 26.8. The molecule has 0 aromatic heterocycles. The van der Waals surface area contributed by atoms with Gasteiger partial charge in [-0.1, -0.05) is 12.1 Å². The van der Waals surface area contributed by atoms with Crippen molar-refractivity contribution in [2.75, 3.05) is 26.2 Å². The van der Waals surface area contributed by atoms with E-state index in [1.807, 2.05) is 0 Å². The van der Waals surface area contributed by atoms with Gasteiger partial charge >= 0.3 is 6.03 Å². The average molecular weight is 365 g/mol. The van der Waals surface area contributed by atoms with Gasteiger partial charge < -0.3 is 14.9 Å². The Labute approximate surface area is 152 Å². The largest absolute Gasteiger partial charge is 0.379 e. The van der Waals surface area contributed by atoms with Crippen molar-refractivity contribution in [1.29, 1.82) is 0 Å². The van der Waals surface area contributed by atoms with Gasteiger partial charge in [0.15, 0.2) is 0 Å². The third-order valence-corrected chi connectivity index (χ3v) is 5.99. The molecule has 0 saturated carbocycles. The van der Waals surface area contributed by atoms with Crippen molar-refractivity contribution >= 4 is 6.03 Å². The van der Waals surface area contributed by atoms with Gasteiger partial charge in [0.2, 0.25) is 0 Å². The van der Waals surface area contributed by atoms with Crippen molar-refractivity contribution in [2.24, 2.45) is 0 Å². The number of carbonyl (C=O) groups excluding carboxylic acids is 1. The summed E-state index contributed by atoms with van der Waals surface area (Å²) < 4.78 is 28.1. The smallest absolute Gasteiger partial charge is 0.320 e. The lowest BCUT2D eigenvalue weighted by Crippen LogP contribution is -2.70. The Hall–Kier alpha value is -1.73. The molecule has 142 valence electrons. The van der Waals surface area contributed by atoms with E-state index in [0.717, 1.165) is 18.4 Å². The molecule has 3 fully saturated rings. The number of aliphatic hydroxyl groups excluding tert-OH is 1. The minimum atomic E-state index is -1.35. The Morgan fingerprint density at radius 2 is 1.81 bits per heavy atom. The summed E-state index contributed by atoms with van der Waals surface area (Å²) in [5.74, 6) is -0.321. The van der Waals surface area contributed by atoms with Crippen molar-refractivity contribution in [3.05, 3.63) is 35.6 Å². The number of hydrogen-bond donors (Lipinski definition) is 2. The van der Waals surface area contributed by atoms with E-state index < -0.39 is 11.9 Å². The standard InChI is InChI=1S/C19H25F2N3O2/c20-15-3-1-14(2-4-15)11-18(21)7-9-23(10-8-18)17(26)24-12-19(13-24)6-5-16(25)22-19/h1-4,16,22,25H,5-13H2. The van der Waals surface area contributed by atoms with Crippen LogP contribution in [0.3, 0.4) is 0 Å². The lowest BCUT2D eigenvalue weighted by Gasteiger charge is -2.50. The molecule has 0 radical (unpaired) electrons. The minimum Gasteiger partial charge on any atom is -0.379 e. The number of likely N-dealkylation sites (tertiary alicyclic amines) is 2. The van der Waals surface area contributed by atoms with Crippen molar-refractivity contribution < 1.29 is 18.7 Å². The number of alkyl halides is 1. The molecule has 0 bridgehead atoms. The predicted molar refractivity (Wildman–Crippen MR) is 92.8 cm³/mol. The summed E-state index contributed by atoms with van der Waals surface area (Å²) in [6.45, 7) is 2.01. The average Bonchev–Trinajstić information content (AvgIpc) is 2.98. The van der Waals surface area contributed by atoms with Crippen LogP contribution in [0.4, 0.5) is 13.6 Å². The van der Waals surface area contributed by atoms with Gasteiger partial charge in [0.05, 0.1) is 5.54 Å². The Balaban J connectivity index is 1.28. The van der Waals surface area contributed by atoms with Crippen LogP contribution in [-0.4, -0.2) is 64.6 Å². The molecule has 2 N–H and O–H groups in total. The number of rotatable bonds is 2. The fourth-order valence-electron chi connectivity index (χ4n) is 4.42. The van der Waals surface area contributed by atoms with Crippen molar-refractivity contribution in [2.45, 2.75) is 49.5 Å². The van der Waals surface area contributed by atoms with E-state index in [0.29, 0.717) is 39.0 Å². The van der Waals surface area contributed by atoms with Crippen molar-refractivity contribution in [3.63, 3.8) is 0 Å². The molecule has 0 aliphatic carbocycles. The molecule has 1 atom stereocenters. The van der Waals surface area contributed by atoms with Gasteiger partial charge in [-0.3, -0.25) is 5.32 Å². The molecule has 1 spiro atoms. The SMILES string of the molecule is O=C(N1CCC(F)(Cc2ccc(F)cc2)CC1)N1CC2(CCC(O)N2)C1. The van der Waals surface area contributed by atoms with Crippen LogP contribution in [0.1, 0.15) is 31.2 Å². The second kappa shape index (κ2) is 6.46. The lowest BCUT2D eigenvalue weighted by atomic mass is 9.86. The number of piperidine rings is 1. The minimum absolute atomic E-state index is 0.0392. The summed E-state index contributed by atoms with van der Waals surface area (Å²) in [4.78, 5) is 16.1. The highest BCUT2D eigenvalue weighted by Gasteiger charge is 2.50. The predicted octanol–water partition coefficient (Wildman–Crippen LogP) is 2.05. The Kier molecular flexibility index (Phi) is 4.39. The summed E-state index contributed by atoms with van der Waals surface area (Å²) in [6, 6.07) is 5.91. The lowest BCUT2D eigenvalue weighted by molar-refractivity contribution is 0.0224. The highest BCUT2D eigenvalue weighted by molar-refractivity contribution is 5.76. The number of amides is 2. The highest BCUT2D eigenvalue weighted by Crippen LogP contribution is 2.35. The van der Waals surface area contributed by atoms with E-state index in [9.17, 15) is 14.3 Å². The van der Waals surface area contributed by atoms with Gasteiger partial charge in [-0.15, -0.1) is 0 Å². The number of benzene rings is 1. The van der Waals surface area contributed by atoms with Crippen LogP contribution < -0.4 is 5.32 Å². The van der Waals surface area contributed by atoms with E-state index in [-0.39, 0.29) is 23.8 Å². The van der Waals surface area contributed by atoms with Crippen LogP contribution in [-0.2, 0) is 6.42 Å². The second-order valence-corrected chi connectivity index (χ2v) is 8.06. The molecule has 26 heavy (non-hydrogen) atoms. The number of urea groups is 1. The molecular weight excluding hydrogens is 340 g/mol. The first kappa shape index (κ1) is 17.7. The molecule has 1 unspecified atom stereocenters. The molecule has 3 heterocycles. The summed E-state index contributed by atoms with van der Waals surface area (Å²) in [5.41, 5.74) is -0.691. The van der Waals surface area contributed by atoms with Gasteiger partial charge in [0.1, 0.15) is 17.7 Å². The maximum absolute atomic E-state index is 15.1. The van der Waals surface area contributed by atoms with Crippen LogP contribution in [0.5, 0.6) is 0 Å². The molecule has 3 aliphatic heterocycles. The van der Waals surface area contributed by atoms with Gasteiger partial charge in [-0.2, -0.15) is 0 Å². The number of nitrogens with one attached hydrogen (secondary N) is 1. The molecule has 3 aliphatic rings. The first-order chi connectivity index (χ1) is 12.4. The molecule has 1 aromatic carbocycles. The number of nitrogens with zero attached hydrogens (tertiary/aromatic N) is 2. The molecular formula is C19H25F2N3O2. The number of carbonyl (C=O) groups is 1. The third-order valence-electron chi connectivity index (χ3n) is 5.99. The molecule has 1 aromatic rings. The van der Waals surface area contributed by atoms with Gasteiger partial charge in [-0.05, 0) is 43.4 Å². The van der Waals surface area contributed by atoms with E-state index in [2.05, 4.69) is 5.32 Å². The maximum Gasteiger partial charge on any atom is 0.320 e. The van der Waals surface area contributed by atoms with Crippen molar-refractivity contribution in [3.8, 4) is 0 Å². The second-order valence-electron chi connectivity index (χ2n) is 8.06. The van der Waals surface area contributed by atoms with Crippen LogP contribution >= 0.6 is 0 Å². The Bertz CT molecular complexity index is 668. The zero-order chi connectivity index (χ0) is 18.4. The fraction of sp³-hybridized carbons (Fsp3) is 0.632. The summed E-state index contributed by atoms with van der Waals surface area (Å²) in [7, 11) is 0. The number of halogens is 2. The zero-order valence-corrected chi connectivity index (χ0v) is 14.8. The molecule has 2 amide bonds. The molecule has 7 heteroatoms. The van der Waals surface area contributed by atoms with Crippen LogP contribution in [0.2, 0.25) is 0 Å². The molecule has 5 nitrogen and oxygen atoms in total. The van der Waals surface area contributed by atoms with Gasteiger partial charge in [-0.25, -0.2) is 13.6 Å². The first-order valence-corrected chi connectivity index (χ1v) is 9.30. The van der Waals surface area contributed by atoms with Crippen LogP contribution in [0.15, 0.2) is 24.3 Å². The summed E-state index contributed by atoms with van der Waals surface area (Å²) in [6.07, 6.45) is 1.98. The highest BCUT2D eigenvalue weighted by atomic mass is 19.1. The van der Waals surface area contributed by atoms with E-state index in [4.69, 9.17) is 0 Å². The van der Waals surface area contributed by atoms with Crippen LogP contribution in [0, 0.1) is 5.82 Å².